The molecule has 1 heterocycles. The molecule has 1 aromatic rings. The van der Waals surface area contributed by atoms with Gasteiger partial charge < -0.3 is 20.4 Å². The number of pyridine rings is 1. The molecule has 0 radical (unpaired) electrons. The molecular weight excluding hydrogens is 354 g/mol. The molecule has 0 aliphatic rings. The second kappa shape index (κ2) is 12.3. The second-order valence-corrected chi connectivity index (χ2v) is 8.09. The van der Waals surface area contributed by atoms with Gasteiger partial charge in [-0.15, -0.1) is 0 Å². The van der Waals surface area contributed by atoms with Gasteiger partial charge in [0.15, 0.2) is 0 Å². The largest absolute Gasteiger partial charge is 0.506 e. The maximum absolute atomic E-state index is 10.4. The van der Waals surface area contributed by atoms with Gasteiger partial charge >= 0.3 is 0 Å². The average molecular weight is 380 g/mol. The van der Waals surface area contributed by atoms with Crippen LogP contribution in [-0.4, -0.2) is 62.5 Å². The molecule has 0 aliphatic heterocycles. The number of aryl methyl sites for hydroxylation is 1. The van der Waals surface area contributed by atoms with Crippen LogP contribution in [-0.2, 0) is 17.3 Å². The summed E-state index contributed by atoms with van der Waals surface area (Å²) in [6, 6.07) is 0. The number of hydrogen-bond donors (Lipinski definition) is 4. The molecule has 0 aliphatic carbocycles. The van der Waals surface area contributed by atoms with Crippen molar-refractivity contribution in [3.05, 3.63) is 22.5 Å². The van der Waals surface area contributed by atoms with Crippen LogP contribution in [0.2, 0.25) is 0 Å². The zero-order valence-corrected chi connectivity index (χ0v) is 15.8. The lowest BCUT2D eigenvalue weighted by Crippen LogP contribution is -2.06. The molecule has 132 valence electrons. The summed E-state index contributed by atoms with van der Waals surface area (Å²) >= 11 is 4.80. The van der Waals surface area contributed by atoms with Crippen molar-refractivity contribution in [2.24, 2.45) is 0 Å². The van der Waals surface area contributed by atoms with Crippen molar-refractivity contribution in [3.63, 3.8) is 0 Å². The van der Waals surface area contributed by atoms with E-state index in [0.717, 1.165) is 16.8 Å². The van der Waals surface area contributed by atoms with Gasteiger partial charge in [-0.1, -0.05) is 0 Å². The Labute approximate surface area is 150 Å². The van der Waals surface area contributed by atoms with Gasteiger partial charge in [0.1, 0.15) is 5.75 Å². The lowest BCUT2D eigenvalue weighted by molar-refractivity contribution is 0.322. The lowest BCUT2D eigenvalue weighted by atomic mass is 10.1. The molecule has 0 saturated carbocycles. The van der Waals surface area contributed by atoms with E-state index in [0.29, 0.717) is 40.2 Å². The molecule has 8 heteroatoms. The third-order valence-corrected chi connectivity index (χ3v) is 5.96. The molecular formula is C15H25NO4S3. The van der Waals surface area contributed by atoms with Gasteiger partial charge in [-0.3, -0.25) is 4.98 Å². The molecule has 0 aromatic carbocycles. The number of aromatic nitrogens is 1. The summed E-state index contributed by atoms with van der Waals surface area (Å²) in [7, 11) is 0. The van der Waals surface area contributed by atoms with Crippen LogP contribution in [0.3, 0.4) is 0 Å². The first-order valence-electron chi connectivity index (χ1n) is 7.41. The minimum Gasteiger partial charge on any atom is -0.506 e. The molecule has 1 aromatic heterocycles. The lowest BCUT2D eigenvalue weighted by Gasteiger charge is -2.17. The van der Waals surface area contributed by atoms with Crippen LogP contribution in [0.15, 0.2) is 0 Å². The molecule has 0 unspecified atom stereocenters. The normalized spacial score (nSPS) is 11.1. The Bertz CT molecular complexity index is 475. The summed E-state index contributed by atoms with van der Waals surface area (Å²) in [6.45, 7) is 2.17. The number of aliphatic hydroxyl groups is 3. The summed E-state index contributed by atoms with van der Waals surface area (Å²) < 4.78 is 0. The third kappa shape index (κ3) is 7.11. The van der Waals surface area contributed by atoms with Crippen molar-refractivity contribution in [2.45, 2.75) is 24.2 Å². The number of nitrogens with zero attached hydrogens (tertiary/aromatic N) is 1. The summed E-state index contributed by atoms with van der Waals surface area (Å²) in [5, 5.41) is 37.3. The Balaban J connectivity index is 3.03. The first kappa shape index (κ1) is 20.9. The van der Waals surface area contributed by atoms with Gasteiger partial charge in [-0.25, -0.2) is 0 Å². The molecule has 0 bridgehead atoms. The van der Waals surface area contributed by atoms with E-state index in [1.165, 1.54) is 0 Å². The number of rotatable bonds is 12. The molecule has 0 fully saturated rings. The van der Waals surface area contributed by atoms with E-state index in [2.05, 4.69) is 4.98 Å². The van der Waals surface area contributed by atoms with E-state index in [1.807, 2.05) is 0 Å². The standard InChI is InChI=1S/C15H25NO4S3/c1-11-15(20)13(9-22-6-3-18)12(8-21-5-2-17)14(16-11)10-23-7-4-19/h17-20H,2-10H2,1H3. The summed E-state index contributed by atoms with van der Waals surface area (Å²) in [4.78, 5) is 4.53. The predicted molar refractivity (Wildman–Crippen MR) is 100 cm³/mol. The van der Waals surface area contributed by atoms with Crippen molar-refractivity contribution in [1.82, 2.24) is 4.98 Å². The highest BCUT2D eigenvalue weighted by Gasteiger charge is 2.17. The quantitative estimate of drug-likeness (QED) is 0.408. The summed E-state index contributed by atoms with van der Waals surface area (Å²) in [5.41, 5.74) is 3.44. The molecule has 5 nitrogen and oxygen atoms in total. The van der Waals surface area contributed by atoms with Crippen molar-refractivity contribution in [1.29, 1.82) is 0 Å². The Morgan fingerprint density at radius 2 is 1.26 bits per heavy atom. The smallest absolute Gasteiger partial charge is 0.141 e. The third-order valence-electron chi connectivity index (χ3n) is 3.08. The molecule has 0 spiro atoms. The predicted octanol–water partition coefficient (Wildman–Crippen LogP) is 1.77. The maximum atomic E-state index is 10.4. The number of aromatic hydroxyl groups is 1. The van der Waals surface area contributed by atoms with E-state index in [4.69, 9.17) is 15.3 Å². The van der Waals surface area contributed by atoms with E-state index in [-0.39, 0.29) is 25.6 Å². The van der Waals surface area contributed by atoms with Crippen molar-refractivity contribution in [2.75, 3.05) is 37.1 Å². The fourth-order valence-electron chi connectivity index (χ4n) is 2.01. The van der Waals surface area contributed by atoms with E-state index < -0.39 is 0 Å². The summed E-state index contributed by atoms with van der Waals surface area (Å²) in [6.07, 6.45) is 0. The van der Waals surface area contributed by atoms with Crippen molar-refractivity contribution >= 4 is 35.3 Å². The van der Waals surface area contributed by atoms with Crippen LogP contribution < -0.4 is 0 Å². The molecule has 0 amide bonds. The highest BCUT2D eigenvalue weighted by Crippen LogP contribution is 2.33. The topological polar surface area (TPSA) is 93.8 Å². The Kier molecular flexibility index (Phi) is 11.2. The minimum atomic E-state index is 0.114. The summed E-state index contributed by atoms with van der Waals surface area (Å²) in [5.74, 6) is 4.15. The van der Waals surface area contributed by atoms with Crippen LogP contribution >= 0.6 is 35.3 Å². The molecule has 0 saturated heterocycles. The highest BCUT2D eigenvalue weighted by molar-refractivity contribution is 7.99. The second-order valence-electron chi connectivity index (χ2n) is 4.78. The van der Waals surface area contributed by atoms with Crippen molar-refractivity contribution in [3.8, 4) is 5.75 Å². The zero-order chi connectivity index (χ0) is 17.1. The molecule has 4 N–H and O–H groups in total. The Morgan fingerprint density at radius 1 is 0.783 bits per heavy atom. The molecule has 23 heavy (non-hydrogen) atoms. The number of thioether (sulfide) groups is 3. The van der Waals surface area contributed by atoms with Gasteiger partial charge in [0.2, 0.25) is 0 Å². The van der Waals surface area contributed by atoms with Crippen LogP contribution in [0.1, 0.15) is 22.5 Å². The van der Waals surface area contributed by atoms with Gasteiger partial charge in [0.05, 0.1) is 31.2 Å². The fraction of sp³-hybridized carbons (Fsp3) is 0.667. The Hall–Kier alpha value is -0.120. The SMILES string of the molecule is Cc1nc(CSCCO)c(CSCCO)c(CSCCO)c1O. The van der Waals surface area contributed by atoms with Crippen LogP contribution in [0.4, 0.5) is 0 Å². The van der Waals surface area contributed by atoms with Crippen LogP contribution in [0, 0.1) is 6.92 Å². The van der Waals surface area contributed by atoms with Gasteiger partial charge in [0.25, 0.3) is 0 Å². The number of hydrogen-bond acceptors (Lipinski definition) is 8. The van der Waals surface area contributed by atoms with Crippen LogP contribution in [0.25, 0.3) is 0 Å². The Morgan fingerprint density at radius 3 is 1.78 bits per heavy atom. The zero-order valence-electron chi connectivity index (χ0n) is 13.3. The monoisotopic (exact) mass is 379 g/mol. The van der Waals surface area contributed by atoms with Crippen LogP contribution in [0.5, 0.6) is 5.75 Å². The average Bonchev–Trinajstić information content (AvgIpc) is 2.54. The molecule has 0 atom stereocenters. The molecule has 1 rings (SSSR count). The maximum Gasteiger partial charge on any atom is 0.141 e. The van der Waals surface area contributed by atoms with E-state index >= 15 is 0 Å². The number of aliphatic hydroxyl groups excluding tert-OH is 3. The van der Waals surface area contributed by atoms with Gasteiger partial charge in [-0.05, 0) is 12.5 Å². The fourth-order valence-corrected chi connectivity index (χ4v) is 4.33. The van der Waals surface area contributed by atoms with Gasteiger partial charge in [0, 0.05) is 40.1 Å². The van der Waals surface area contributed by atoms with E-state index in [9.17, 15) is 5.11 Å². The minimum absolute atomic E-state index is 0.114. The van der Waals surface area contributed by atoms with Gasteiger partial charge in [-0.2, -0.15) is 35.3 Å². The first-order valence-corrected chi connectivity index (χ1v) is 10.9. The highest BCUT2D eigenvalue weighted by atomic mass is 32.2. The first-order chi connectivity index (χ1) is 11.2. The van der Waals surface area contributed by atoms with Crippen molar-refractivity contribution < 1.29 is 20.4 Å². The van der Waals surface area contributed by atoms with E-state index in [1.54, 1.807) is 42.2 Å².